The van der Waals surface area contributed by atoms with E-state index in [4.69, 9.17) is 9.47 Å². The highest BCUT2D eigenvalue weighted by Gasteiger charge is 2.35. The van der Waals surface area contributed by atoms with Gasteiger partial charge in [-0.05, 0) is 26.0 Å². The van der Waals surface area contributed by atoms with Crippen LogP contribution in [0.25, 0.3) is 0 Å². The van der Waals surface area contributed by atoms with Crippen molar-refractivity contribution in [2.45, 2.75) is 20.0 Å². The monoisotopic (exact) mass is 378 g/mol. The highest BCUT2D eigenvalue weighted by Crippen LogP contribution is 2.36. The Bertz CT molecular complexity index is 1020. The standard InChI is InChI=1S/C22H18O6/c1-4-11-27-13(3)22(26)28-21-14(12(2)23)9-10-17-18(21)20(25)16-8-6-5-7-15(16)19(17)24/h4-10,13H,1,11H2,2-3H3/t13-/m0/s1. The van der Waals surface area contributed by atoms with Crippen molar-refractivity contribution >= 4 is 23.3 Å². The van der Waals surface area contributed by atoms with E-state index in [1.165, 1.54) is 38.1 Å². The topological polar surface area (TPSA) is 86.7 Å². The second kappa shape index (κ2) is 7.70. The highest BCUT2D eigenvalue weighted by atomic mass is 16.6. The molecule has 0 radical (unpaired) electrons. The van der Waals surface area contributed by atoms with Crippen LogP contribution in [0.2, 0.25) is 0 Å². The van der Waals surface area contributed by atoms with Gasteiger partial charge in [-0.15, -0.1) is 6.58 Å². The number of rotatable bonds is 6. The predicted octanol–water partition coefficient (Wildman–Crippen LogP) is 3.16. The fourth-order valence-corrected chi connectivity index (χ4v) is 3.00. The summed E-state index contributed by atoms with van der Waals surface area (Å²) in [5.74, 6) is -2.23. The number of Topliss-reactive ketones (excluding diaryl/α,β-unsaturated/α-hetero) is 1. The maximum absolute atomic E-state index is 13.1. The fourth-order valence-electron chi connectivity index (χ4n) is 3.00. The Balaban J connectivity index is 2.13. The smallest absolute Gasteiger partial charge is 0.340 e. The minimum Gasteiger partial charge on any atom is -0.423 e. The van der Waals surface area contributed by atoms with Gasteiger partial charge in [-0.3, -0.25) is 14.4 Å². The number of ether oxygens (including phenoxy) is 2. The van der Waals surface area contributed by atoms with Gasteiger partial charge >= 0.3 is 5.97 Å². The van der Waals surface area contributed by atoms with E-state index in [-0.39, 0.29) is 46.0 Å². The predicted molar refractivity (Wildman–Crippen MR) is 101 cm³/mol. The van der Waals surface area contributed by atoms with Gasteiger partial charge in [0.15, 0.2) is 29.2 Å². The normalized spacial score (nSPS) is 13.4. The Morgan fingerprint density at radius 3 is 2.29 bits per heavy atom. The zero-order chi connectivity index (χ0) is 20.4. The molecule has 142 valence electrons. The molecule has 28 heavy (non-hydrogen) atoms. The molecule has 0 heterocycles. The van der Waals surface area contributed by atoms with E-state index in [1.54, 1.807) is 18.2 Å². The molecule has 0 N–H and O–H groups in total. The lowest BCUT2D eigenvalue weighted by Gasteiger charge is -2.22. The first-order valence-electron chi connectivity index (χ1n) is 8.67. The van der Waals surface area contributed by atoms with Gasteiger partial charge in [0.25, 0.3) is 0 Å². The molecule has 1 aliphatic carbocycles. The summed E-state index contributed by atoms with van der Waals surface area (Å²) >= 11 is 0. The van der Waals surface area contributed by atoms with Gasteiger partial charge in [-0.25, -0.2) is 4.79 Å². The van der Waals surface area contributed by atoms with Crippen LogP contribution in [-0.4, -0.2) is 36.0 Å². The number of esters is 1. The third-order valence-corrected chi connectivity index (χ3v) is 4.42. The fraction of sp³-hybridized carbons (Fsp3) is 0.182. The molecule has 1 aliphatic rings. The van der Waals surface area contributed by atoms with Gasteiger partial charge in [0, 0.05) is 16.7 Å². The lowest BCUT2D eigenvalue weighted by molar-refractivity contribution is -0.145. The van der Waals surface area contributed by atoms with Crippen molar-refractivity contribution in [1.82, 2.24) is 0 Å². The van der Waals surface area contributed by atoms with Crippen molar-refractivity contribution in [3.8, 4) is 5.75 Å². The second-order valence-corrected chi connectivity index (χ2v) is 6.31. The highest BCUT2D eigenvalue weighted by molar-refractivity contribution is 6.30. The largest absolute Gasteiger partial charge is 0.423 e. The van der Waals surface area contributed by atoms with E-state index in [1.807, 2.05) is 0 Å². The summed E-state index contributed by atoms with van der Waals surface area (Å²) in [6.45, 7) is 6.41. The van der Waals surface area contributed by atoms with E-state index < -0.39 is 23.6 Å². The first-order chi connectivity index (χ1) is 13.4. The molecular weight excluding hydrogens is 360 g/mol. The Morgan fingerprint density at radius 1 is 1.04 bits per heavy atom. The van der Waals surface area contributed by atoms with E-state index in [9.17, 15) is 19.2 Å². The molecule has 0 aliphatic heterocycles. The second-order valence-electron chi connectivity index (χ2n) is 6.31. The van der Waals surface area contributed by atoms with Gasteiger partial charge in [0.1, 0.15) is 0 Å². The van der Waals surface area contributed by atoms with Crippen LogP contribution in [0.3, 0.4) is 0 Å². The quantitative estimate of drug-likeness (QED) is 0.283. The summed E-state index contributed by atoms with van der Waals surface area (Å²) in [7, 11) is 0. The Labute approximate surface area is 161 Å². The minimum atomic E-state index is -0.949. The van der Waals surface area contributed by atoms with E-state index in [0.717, 1.165) is 0 Å². The van der Waals surface area contributed by atoms with Crippen molar-refractivity contribution < 1.29 is 28.7 Å². The number of carbonyl (C=O) groups is 4. The summed E-state index contributed by atoms with van der Waals surface area (Å²) in [5, 5.41) is 0. The minimum absolute atomic E-state index is 0.0450. The molecule has 6 heteroatoms. The van der Waals surface area contributed by atoms with Gasteiger partial charge in [-0.1, -0.05) is 30.3 Å². The van der Waals surface area contributed by atoms with Crippen molar-refractivity contribution in [3.05, 3.63) is 76.9 Å². The Hall–Kier alpha value is -3.38. The number of carbonyl (C=O) groups excluding carboxylic acids is 4. The molecule has 0 unspecified atom stereocenters. The maximum atomic E-state index is 13.1. The average molecular weight is 378 g/mol. The van der Waals surface area contributed by atoms with Gasteiger partial charge in [0.2, 0.25) is 0 Å². The van der Waals surface area contributed by atoms with Gasteiger partial charge < -0.3 is 9.47 Å². The maximum Gasteiger partial charge on any atom is 0.340 e. The van der Waals surface area contributed by atoms with E-state index in [2.05, 4.69) is 6.58 Å². The van der Waals surface area contributed by atoms with Crippen LogP contribution < -0.4 is 4.74 Å². The molecule has 2 aromatic carbocycles. The summed E-state index contributed by atoms with van der Waals surface area (Å²) in [6, 6.07) is 9.20. The molecule has 0 bridgehead atoms. The number of fused-ring (bicyclic) bond motifs is 2. The third kappa shape index (κ3) is 3.30. The zero-order valence-electron chi connectivity index (χ0n) is 15.5. The molecule has 0 spiro atoms. The van der Waals surface area contributed by atoms with Crippen LogP contribution in [0.1, 0.15) is 56.0 Å². The summed E-state index contributed by atoms with van der Waals surface area (Å²) in [4.78, 5) is 50.4. The van der Waals surface area contributed by atoms with Crippen LogP contribution in [0.4, 0.5) is 0 Å². The van der Waals surface area contributed by atoms with Crippen LogP contribution in [-0.2, 0) is 9.53 Å². The van der Waals surface area contributed by atoms with Crippen LogP contribution in [0.15, 0.2) is 49.1 Å². The van der Waals surface area contributed by atoms with E-state index >= 15 is 0 Å². The molecular formula is C22H18O6. The summed E-state index contributed by atoms with van der Waals surface area (Å²) in [5.41, 5.74) is 0.532. The lowest BCUT2D eigenvalue weighted by Crippen LogP contribution is -2.29. The number of hydrogen-bond donors (Lipinski definition) is 0. The molecule has 0 amide bonds. The SMILES string of the molecule is C=CCO[C@@H](C)C(=O)Oc1c(C(C)=O)ccc2c1C(=O)c1ccccc1C2=O. The third-order valence-electron chi connectivity index (χ3n) is 4.42. The molecule has 0 saturated carbocycles. The average Bonchev–Trinajstić information content (AvgIpc) is 2.69. The lowest BCUT2D eigenvalue weighted by atomic mass is 9.82. The molecule has 0 aromatic heterocycles. The van der Waals surface area contributed by atoms with Gasteiger partial charge in [-0.2, -0.15) is 0 Å². The van der Waals surface area contributed by atoms with Crippen molar-refractivity contribution in [3.63, 3.8) is 0 Å². The van der Waals surface area contributed by atoms with E-state index in [0.29, 0.717) is 0 Å². The number of benzene rings is 2. The number of ketones is 3. The molecule has 2 aromatic rings. The molecule has 6 nitrogen and oxygen atoms in total. The molecule has 0 saturated heterocycles. The summed E-state index contributed by atoms with van der Waals surface area (Å²) in [6.07, 6.45) is 0.532. The Morgan fingerprint density at radius 2 is 1.68 bits per heavy atom. The molecule has 3 rings (SSSR count). The van der Waals surface area contributed by atoms with Crippen molar-refractivity contribution in [1.29, 1.82) is 0 Å². The molecule has 0 fully saturated rings. The molecule has 1 atom stereocenters. The van der Waals surface area contributed by atoms with Crippen LogP contribution in [0, 0.1) is 0 Å². The van der Waals surface area contributed by atoms with Crippen LogP contribution in [0.5, 0.6) is 5.75 Å². The van der Waals surface area contributed by atoms with Crippen molar-refractivity contribution in [2.75, 3.05) is 6.61 Å². The number of hydrogen-bond acceptors (Lipinski definition) is 6. The first kappa shape index (κ1) is 19.4. The Kier molecular flexibility index (Phi) is 5.33. The first-order valence-corrected chi connectivity index (χ1v) is 8.67. The summed E-state index contributed by atoms with van der Waals surface area (Å²) < 4.78 is 10.7. The van der Waals surface area contributed by atoms with Crippen molar-refractivity contribution in [2.24, 2.45) is 0 Å². The van der Waals surface area contributed by atoms with Crippen LogP contribution >= 0.6 is 0 Å². The zero-order valence-corrected chi connectivity index (χ0v) is 15.5. The van der Waals surface area contributed by atoms with Gasteiger partial charge in [0.05, 0.1) is 17.7 Å².